The van der Waals surface area contributed by atoms with Crippen LogP contribution in [0.25, 0.3) is 0 Å². The average Bonchev–Trinajstić information content (AvgIpc) is 2.63. The van der Waals surface area contributed by atoms with E-state index >= 15 is 0 Å². The quantitative estimate of drug-likeness (QED) is 0.916. The van der Waals surface area contributed by atoms with Gasteiger partial charge in [0.05, 0.1) is 11.7 Å². The van der Waals surface area contributed by atoms with Gasteiger partial charge < -0.3 is 10.0 Å². The standard InChI is InChI=1S/C16H22F3NO/c1-12-4-3-8-20(9-7-12)11-15(21)13-5-2-6-14(10-13)16(17,18)19/h2,5-6,10,12,15,21H,3-4,7-9,11H2,1H3. The summed E-state index contributed by atoms with van der Waals surface area (Å²) < 4.78 is 38.1. The van der Waals surface area contributed by atoms with Gasteiger partial charge >= 0.3 is 6.18 Å². The van der Waals surface area contributed by atoms with Gasteiger partial charge in [0.25, 0.3) is 0 Å². The molecule has 2 nitrogen and oxygen atoms in total. The van der Waals surface area contributed by atoms with E-state index in [1.807, 2.05) is 0 Å². The molecule has 2 atom stereocenters. The van der Waals surface area contributed by atoms with Gasteiger partial charge in [0.2, 0.25) is 0 Å². The van der Waals surface area contributed by atoms with Crippen molar-refractivity contribution in [3.63, 3.8) is 0 Å². The Balaban J connectivity index is 2.01. The van der Waals surface area contributed by atoms with Crippen molar-refractivity contribution in [2.75, 3.05) is 19.6 Å². The molecule has 1 aromatic rings. The summed E-state index contributed by atoms with van der Waals surface area (Å²) in [4.78, 5) is 2.15. The lowest BCUT2D eigenvalue weighted by atomic mass is 10.0. The van der Waals surface area contributed by atoms with E-state index in [0.717, 1.165) is 38.1 Å². The summed E-state index contributed by atoms with van der Waals surface area (Å²) >= 11 is 0. The van der Waals surface area contributed by atoms with Gasteiger partial charge in [0, 0.05) is 6.54 Å². The maximum Gasteiger partial charge on any atom is 0.416 e. The number of hydrogen-bond acceptors (Lipinski definition) is 2. The summed E-state index contributed by atoms with van der Waals surface area (Å²) in [5, 5.41) is 10.2. The van der Waals surface area contributed by atoms with Gasteiger partial charge in [-0.1, -0.05) is 19.1 Å². The van der Waals surface area contributed by atoms with Crippen LogP contribution < -0.4 is 0 Å². The summed E-state index contributed by atoms with van der Waals surface area (Å²) in [6.45, 7) is 4.41. The molecule has 1 N–H and O–H groups in total. The Morgan fingerprint density at radius 2 is 2.05 bits per heavy atom. The van der Waals surface area contributed by atoms with E-state index in [0.29, 0.717) is 18.0 Å². The summed E-state index contributed by atoms with van der Waals surface area (Å²) in [5.74, 6) is 0.681. The van der Waals surface area contributed by atoms with Gasteiger partial charge in [0.15, 0.2) is 0 Å². The highest BCUT2D eigenvalue weighted by atomic mass is 19.4. The number of benzene rings is 1. The average molecular weight is 301 g/mol. The predicted molar refractivity (Wildman–Crippen MR) is 75.9 cm³/mol. The maximum absolute atomic E-state index is 12.7. The van der Waals surface area contributed by atoms with Crippen molar-refractivity contribution in [1.29, 1.82) is 0 Å². The lowest BCUT2D eigenvalue weighted by Crippen LogP contribution is -2.29. The molecular formula is C16H22F3NO. The number of halogens is 3. The predicted octanol–water partition coefficient (Wildman–Crippen LogP) is 3.86. The molecule has 0 radical (unpaired) electrons. The highest BCUT2D eigenvalue weighted by molar-refractivity contribution is 5.27. The van der Waals surface area contributed by atoms with E-state index < -0.39 is 17.8 Å². The van der Waals surface area contributed by atoms with Crippen molar-refractivity contribution in [3.8, 4) is 0 Å². The SMILES string of the molecule is CC1CCCN(CC(O)c2cccc(C(F)(F)F)c2)CC1. The molecule has 1 aromatic carbocycles. The zero-order valence-electron chi connectivity index (χ0n) is 12.2. The number of β-amino-alcohol motifs (C(OH)–C–C–N with tert-alkyl or cyclic N) is 1. The van der Waals surface area contributed by atoms with Crippen LogP contribution in [-0.2, 0) is 6.18 Å². The first-order chi connectivity index (χ1) is 9.86. The van der Waals surface area contributed by atoms with Crippen molar-refractivity contribution in [3.05, 3.63) is 35.4 Å². The van der Waals surface area contributed by atoms with E-state index in [-0.39, 0.29) is 0 Å². The monoisotopic (exact) mass is 301 g/mol. The highest BCUT2D eigenvalue weighted by Crippen LogP contribution is 2.31. The Hall–Kier alpha value is -1.07. The van der Waals surface area contributed by atoms with Crippen LogP contribution in [-0.4, -0.2) is 29.6 Å². The summed E-state index contributed by atoms with van der Waals surface area (Å²) in [5.41, 5.74) is -0.370. The second kappa shape index (κ2) is 6.79. The zero-order valence-corrected chi connectivity index (χ0v) is 12.2. The zero-order chi connectivity index (χ0) is 15.5. The van der Waals surface area contributed by atoms with Gasteiger partial charge in [0.1, 0.15) is 0 Å². The molecule has 0 bridgehead atoms. The Morgan fingerprint density at radius 1 is 1.29 bits per heavy atom. The molecule has 1 fully saturated rings. The fourth-order valence-corrected chi connectivity index (χ4v) is 2.78. The molecule has 1 aliphatic rings. The van der Waals surface area contributed by atoms with Gasteiger partial charge in [-0.25, -0.2) is 0 Å². The smallest absolute Gasteiger partial charge is 0.387 e. The van der Waals surface area contributed by atoms with E-state index in [4.69, 9.17) is 0 Å². The minimum Gasteiger partial charge on any atom is -0.387 e. The van der Waals surface area contributed by atoms with Gasteiger partial charge in [-0.05, 0) is 56.0 Å². The minimum atomic E-state index is -4.37. The number of alkyl halides is 3. The molecule has 5 heteroatoms. The molecule has 1 heterocycles. The van der Waals surface area contributed by atoms with Crippen LogP contribution in [0.4, 0.5) is 13.2 Å². The number of rotatable bonds is 3. The molecule has 0 spiro atoms. The molecule has 1 saturated heterocycles. The third kappa shape index (κ3) is 4.71. The number of nitrogens with zero attached hydrogens (tertiary/aromatic N) is 1. The van der Waals surface area contributed by atoms with Gasteiger partial charge in [-0.2, -0.15) is 13.2 Å². The molecule has 21 heavy (non-hydrogen) atoms. The first kappa shape index (κ1) is 16.3. The second-order valence-corrected chi connectivity index (χ2v) is 5.98. The van der Waals surface area contributed by atoms with E-state index in [1.165, 1.54) is 12.5 Å². The Bertz CT molecular complexity index is 461. The van der Waals surface area contributed by atoms with Crippen LogP contribution in [0.3, 0.4) is 0 Å². The molecule has 1 aliphatic heterocycles. The molecule has 0 aromatic heterocycles. The van der Waals surface area contributed by atoms with Crippen LogP contribution in [0.15, 0.2) is 24.3 Å². The van der Waals surface area contributed by atoms with Crippen molar-refractivity contribution < 1.29 is 18.3 Å². The summed E-state index contributed by atoms with van der Waals surface area (Å²) in [7, 11) is 0. The molecule has 118 valence electrons. The first-order valence-corrected chi connectivity index (χ1v) is 7.44. The number of likely N-dealkylation sites (tertiary alicyclic amines) is 1. The van der Waals surface area contributed by atoms with Crippen molar-refractivity contribution in [2.45, 2.75) is 38.5 Å². The fourth-order valence-electron chi connectivity index (χ4n) is 2.78. The highest BCUT2D eigenvalue weighted by Gasteiger charge is 2.31. The van der Waals surface area contributed by atoms with Crippen LogP contribution in [0.1, 0.15) is 43.4 Å². The second-order valence-electron chi connectivity index (χ2n) is 5.98. The van der Waals surface area contributed by atoms with Crippen LogP contribution >= 0.6 is 0 Å². The van der Waals surface area contributed by atoms with Crippen LogP contribution in [0.5, 0.6) is 0 Å². The van der Waals surface area contributed by atoms with E-state index in [1.54, 1.807) is 6.07 Å². The van der Waals surface area contributed by atoms with E-state index in [2.05, 4.69) is 11.8 Å². The lowest BCUT2D eigenvalue weighted by molar-refractivity contribution is -0.137. The lowest BCUT2D eigenvalue weighted by Gasteiger charge is -2.24. The normalized spacial score (nSPS) is 22.8. The van der Waals surface area contributed by atoms with Crippen LogP contribution in [0.2, 0.25) is 0 Å². The Morgan fingerprint density at radius 3 is 2.76 bits per heavy atom. The van der Waals surface area contributed by atoms with E-state index in [9.17, 15) is 18.3 Å². The number of hydrogen-bond donors (Lipinski definition) is 1. The molecule has 0 aliphatic carbocycles. The maximum atomic E-state index is 12.7. The number of aliphatic hydroxyl groups is 1. The topological polar surface area (TPSA) is 23.5 Å². The van der Waals surface area contributed by atoms with Crippen LogP contribution in [0, 0.1) is 5.92 Å². The van der Waals surface area contributed by atoms with Gasteiger partial charge in [-0.15, -0.1) is 0 Å². The van der Waals surface area contributed by atoms with Crippen molar-refractivity contribution in [1.82, 2.24) is 4.90 Å². The van der Waals surface area contributed by atoms with Gasteiger partial charge in [-0.3, -0.25) is 0 Å². The summed E-state index contributed by atoms with van der Waals surface area (Å²) in [6.07, 6.45) is -1.91. The van der Waals surface area contributed by atoms with Crippen molar-refractivity contribution >= 4 is 0 Å². The first-order valence-electron chi connectivity index (χ1n) is 7.44. The summed E-state index contributed by atoms with van der Waals surface area (Å²) in [6, 6.07) is 4.99. The molecule has 2 unspecified atom stereocenters. The molecule has 2 rings (SSSR count). The Kier molecular flexibility index (Phi) is 5.27. The largest absolute Gasteiger partial charge is 0.416 e. The molecule has 0 amide bonds. The number of aliphatic hydroxyl groups excluding tert-OH is 1. The van der Waals surface area contributed by atoms with Crippen molar-refractivity contribution in [2.24, 2.45) is 5.92 Å². The fraction of sp³-hybridized carbons (Fsp3) is 0.625. The Labute approximate surface area is 123 Å². The molecule has 0 saturated carbocycles. The third-order valence-electron chi connectivity index (χ3n) is 4.14. The molecular weight excluding hydrogens is 279 g/mol. The minimum absolute atomic E-state index is 0.335. The third-order valence-corrected chi connectivity index (χ3v) is 4.14.